The summed E-state index contributed by atoms with van der Waals surface area (Å²) in [6, 6.07) is 0. The zero-order chi connectivity index (χ0) is 12.3. The van der Waals surface area contributed by atoms with E-state index in [1.807, 2.05) is 4.90 Å². The average molecular weight is 235 g/mol. The highest BCUT2D eigenvalue weighted by Gasteiger charge is 2.26. The molecule has 1 N–H and O–H groups in total. The second-order valence-corrected chi connectivity index (χ2v) is 4.42. The zero-order valence-corrected chi connectivity index (χ0v) is 9.96. The Bertz CT molecular complexity index is 408. The minimum absolute atomic E-state index is 0.0599. The van der Waals surface area contributed by atoms with Gasteiger partial charge in [-0.15, -0.1) is 0 Å². The molecule has 0 radical (unpaired) electrons. The molecule has 5 heteroatoms. The van der Waals surface area contributed by atoms with Gasteiger partial charge < -0.3 is 10.0 Å². The quantitative estimate of drug-likeness (QED) is 0.862. The summed E-state index contributed by atoms with van der Waals surface area (Å²) in [5, 5.41) is 9.07. The molecule has 0 spiro atoms. The van der Waals surface area contributed by atoms with Gasteiger partial charge in [-0.1, -0.05) is 13.3 Å². The number of hydrogen-bond donors (Lipinski definition) is 1. The first kappa shape index (κ1) is 11.8. The lowest BCUT2D eigenvalue weighted by atomic mass is 10.0. The predicted molar refractivity (Wildman–Crippen MR) is 64.2 cm³/mol. The Morgan fingerprint density at radius 1 is 1.53 bits per heavy atom. The van der Waals surface area contributed by atoms with Gasteiger partial charge in [0.15, 0.2) is 11.5 Å². The fourth-order valence-electron chi connectivity index (χ4n) is 2.38. The third kappa shape index (κ3) is 2.54. The highest BCUT2D eigenvalue weighted by atomic mass is 16.4. The van der Waals surface area contributed by atoms with Gasteiger partial charge in [0.05, 0.1) is 0 Å². The van der Waals surface area contributed by atoms with Gasteiger partial charge >= 0.3 is 5.97 Å². The molecular weight excluding hydrogens is 218 g/mol. The van der Waals surface area contributed by atoms with Crippen LogP contribution in [-0.4, -0.2) is 34.1 Å². The monoisotopic (exact) mass is 235 g/mol. The van der Waals surface area contributed by atoms with E-state index in [9.17, 15) is 4.79 Å². The van der Waals surface area contributed by atoms with E-state index in [-0.39, 0.29) is 5.69 Å². The van der Waals surface area contributed by atoms with Gasteiger partial charge in [0, 0.05) is 25.5 Å². The standard InChI is InChI=1S/C12H17N3O2/c1-2-3-9-4-7-15(8-9)11-10(12(16)17)13-5-6-14-11/h5-6,9H,2-4,7-8H2,1H3,(H,16,17). The smallest absolute Gasteiger partial charge is 0.358 e. The van der Waals surface area contributed by atoms with Gasteiger partial charge in [-0.25, -0.2) is 14.8 Å². The second kappa shape index (κ2) is 5.12. The lowest BCUT2D eigenvalue weighted by molar-refractivity contribution is 0.0691. The number of rotatable bonds is 4. The molecule has 2 rings (SSSR count). The number of carboxylic acids is 1. The molecular formula is C12H17N3O2. The third-order valence-corrected chi connectivity index (χ3v) is 3.16. The van der Waals surface area contributed by atoms with Crippen molar-refractivity contribution >= 4 is 11.8 Å². The maximum atomic E-state index is 11.1. The summed E-state index contributed by atoms with van der Waals surface area (Å²) >= 11 is 0. The van der Waals surface area contributed by atoms with Gasteiger partial charge in [0.2, 0.25) is 0 Å². The van der Waals surface area contributed by atoms with Crippen LogP contribution < -0.4 is 4.90 Å². The Labute approximate surface area is 100 Å². The molecule has 1 atom stereocenters. The van der Waals surface area contributed by atoms with E-state index in [4.69, 9.17) is 5.11 Å². The molecule has 0 saturated carbocycles. The molecule has 17 heavy (non-hydrogen) atoms. The Hall–Kier alpha value is -1.65. The van der Waals surface area contributed by atoms with Crippen LogP contribution in [0.1, 0.15) is 36.7 Å². The van der Waals surface area contributed by atoms with Crippen LogP contribution in [0.25, 0.3) is 0 Å². The van der Waals surface area contributed by atoms with E-state index < -0.39 is 5.97 Å². The van der Waals surface area contributed by atoms with Gasteiger partial charge in [0.1, 0.15) is 0 Å². The van der Waals surface area contributed by atoms with Crippen molar-refractivity contribution < 1.29 is 9.90 Å². The molecule has 5 nitrogen and oxygen atoms in total. The van der Waals surface area contributed by atoms with Crippen molar-refractivity contribution in [1.82, 2.24) is 9.97 Å². The molecule has 1 saturated heterocycles. The Kier molecular flexibility index (Phi) is 3.56. The molecule has 1 aliphatic heterocycles. The molecule has 0 amide bonds. The van der Waals surface area contributed by atoms with Crippen LogP contribution in [0.15, 0.2) is 12.4 Å². The van der Waals surface area contributed by atoms with E-state index in [0.29, 0.717) is 11.7 Å². The van der Waals surface area contributed by atoms with E-state index in [2.05, 4.69) is 16.9 Å². The first-order valence-electron chi connectivity index (χ1n) is 6.01. The number of carbonyl (C=O) groups is 1. The number of aromatic nitrogens is 2. The maximum Gasteiger partial charge on any atom is 0.358 e. The largest absolute Gasteiger partial charge is 0.476 e. The predicted octanol–water partition coefficient (Wildman–Crippen LogP) is 1.80. The summed E-state index contributed by atoms with van der Waals surface area (Å²) in [5.74, 6) is 0.161. The number of hydrogen-bond acceptors (Lipinski definition) is 4. The third-order valence-electron chi connectivity index (χ3n) is 3.16. The minimum Gasteiger partial charge on any atom is -0.476 e. The van der Waals surface area contributed by atoms with E-state index in [0.717, 1.165) is 19.5 Å². The molecule has 1 fully saturated rings. The van der Waals surface area contributed by atoms with Gasteiger partial charge in [0.25, 0.3) is 0 Å². The van der Waals surface area contributed by atoms with E-state index in [1.54, 1.807) is 6.20 Å². The van der Waals surface area contributed by atoms with Crippen molar-refractivity contribution in [3.8, 4) is 0 Å². The Morgan fingerprint density at radius 2 is 2.29 bits per heavy atom. The molecule has 0 bridgehead atoms. The molecule has 2 heterocycles. The SMILES string of the molecule is CCCC1CCN(c2nccnc2C(=O)O)C1. The van der Waals surface area contributed by atoms with Gasteiger partial charge in [-0.3, -0.25) is 0 Å². The van der Waals surface area contributed by atoms with Crippen LogP contribution in [0.3, 0.4) is 0 Å². The van der Waals surface area contributed by atoms with E-state index in [1.165, 1.54) is 19.0 Å². The summed E-state index contributed by atoms with van der Waals surface area (Å²) in [6.45, 7) is 3.95. The fraction of sp³-hybridized carbons (Fsp3) is 0.583. The van der Waals surface area contributed by atoms with E-state index >= 15 is 0 Å². The number of nitrogens with zero attached hydrogens (tertiary/aromatic N) is 3. The first-order chi connectivity index (χ1) is 8.22. The van der Waals surface area contributed by atoms with Crippen LogP contribution in [-0.2, 0) is 0 Å². The normalized spacial score (nSPS) is 19.6. The van der Waals surface area contributed by atoms with Crippen molar-refractivity contribution in [2.45, 2.75) is 26.2 Å². The zero-order valence-electron chi connectivity index (χ0n) is 9.96. The molecule has 92 valence electrons. The summed E-state index contributed by atoms with van der Waals surface area (Å²) in [4.78, 5) is 21.1. The van der Waals surface area contributed by atoms with Crippen molar-refractivity contribution in [2.75, 3.05) is 18.0 Å². The van der Waals surface area contributed by atoms with Crippen molar-refractivity contribution in [1.29, 1.82) is 0 Å². The lowest BCUT2D eigenvalue weighted by Crippen LogP contribution is -2.24. The summed E-state index contributed by atoms with van der Waals surface area (Å²) in [6.07, 6.45) is 6.45. The lowest BCUT2D eigenvalue weighted by Gasteiger charge is -2.18. The van der Waals surface area contributed by atoms with Crippen molar-refractivity contribution in [3.63, 3.8) is 0 Å². The van der Waals surface area contributed by atoms with Crippen LogP contribution in [0.2, 0.25) is 0 Å². The molecule has 1 aliphatic rings. The average Bonchev–Trinajstić information content (AvgIpc) is 2.78. The van der Waals surface area contributed by atoms with Crippen LogP contribution in [0.4, 0.5) is 5.82 Å². The van der Waals surface area contributed by atoms with Crippen molar-refractivity contribution in [3.05, 3.63) is 18.1 Å². The summed E-state index contributed by atoms with van der Waals surface area (Å²) in [5.41, 5.74) is 0.0599. The summed E-state index contributed by atoms with van der Waals surface area (Å²) in [7, 11) is 0. The Balaban J connectivity index is 2.16. The van der Waals surface area contributed by atoms with Gasteiger partial charge in [-0.2, -0.15) is 0 Å². The van der Waals surface area contributed by atoms with Crippen molar-refractivity contribution in [2.24, 2.45) is 5.92 Å². The topological polar surface area (TPSA) is 66.3 Å². The maximum absolute atomic E-state index is 11.1. The summed E-state index contributed by atoms with van der Waals surface area (Å²) < 4.78 is 0. The number of aromatic carboxylic acids is 1. The molecule has 1 aromatic rings. The molecule has 0 aliphatic carbocycles. The second-order valence-electron chi connectivity index (χ2n) is 4.42. The number of carboxylic acid groups (broad SMARTS) is 1. The molecule has 0 aromatic carbocycles. The molecule has 1 unspecified atom stereocenters. The van der Waals surface area contributed by atoms with Crippen LogP contribution in [0, 0.1) is 5.92 Å². The highest BCUT2D eigenvalue weighted by molar-refractivity contribution is 5.90. The number of anilines is 1. The van der Waals surface area contributed by atoms with Gasteiger partial charge in [-0.05, 0) is 18.8 Å². The molecule has 1 aromatic heterocycles. The van der Waals surface area contributed by atoms with Crippen LogP contribution >= 0.6 is 0 Å². The highest BCUT2D eigenvalue weighted by Crippen LogP contribution is 2.26. The first-order valence-corrected chi connectivity index (χ1v) is 6.01. The Morgan fingerprint density at radius 3 is 3.00 bits per heavy atom. The minimum atomic E-state index is -1.01. The fourth-order valence-corrected chi connectivity index (χ4v) is 2.38. The van der Waals surface area contributed by atoms with Crippen LogP contribution in [0.5, 0.6) is 0 Å².